The predicted molar refractivity (Wildman–Crippen MR) is 88.3 cm³/mol. The van der Waals surface area contributed by atoms with E-state index < -0.39 is 0 Å². The second-order valence-electron chi connectivity index (χ2n) is 6.86. The van der Waals surface area contributed by atoms with Gasteiger partial charge in [0.1, 0.15) is 11.1 Å². The minimum absolute atomic E-state index is 0.157. The van der Waals surface area contributed by atoms with E-state index in [1.54, 1.807) is 0 Å². The van der Waals surface area contributed by atoms with Crippen molar-refractivity contribution < 1.29 is 4.52 Å². The minimum Gasteiger partial charge on any atom is -0.339 e. The number of pyridine rings is 1. The van der Waals surface area contributed by atoms with E-state index in [0.29, 0.717) is 23.0 Å². The van der Waals surface area contributed by atoms with Crippen molar-refractivity contribution in [3.63, 3.8) is 0 Å². The van der Waals surface area contributed by atoms with Gasteiger partial charge in [-0.3, -0.25) is 0 Å². The summed E-state index contributed by atoms with van der Waals surface area (Å²) in [6.07, 6.45) is 3.17. The van der Waals surface area contributed by atoms with Crippen molar-refractivity contribution in [1.82, 2.24) is 15.1 Å². The number of hydrogen-bond donors (Lipinski definition) is 0. The lowest BCUT2D eigenvalue weighted by Crippen LogP contribution is -2.11. The van der Waals surface area contributed by atoms with E-state index in [-0.39, 0.29) is 5.41 Å². The molecule has 0 saturated carbocycles. The highest BCUT2D eigenvalue weighted by Crippen LogP contribution is 2.33. The molecular formula is C17H20N4OS. The number of hydrogen-bond acceptors (Lipinski definition) is 6. The Morgan fingerprint density at radius 3 is 2.70 bits per heavy atom. The Morgan fingerprint density at radius 1 is 1.26 bits per heavy atom. The highest BCUT2D eigenvalue weighted by molar-refractivity contribution is 7.98. The molecule has 0 spiro atoms. The van der Waals surface area contributed by atoms with Gasteiger partial charge in [-0.15, -0.1) is 0 Å². The van der Waals surface area contributed by atoms with Crippen LogP contribution in [-0.2, 0) is 24.0 Å². The molecule has 0 amide bonds. The highest BCUT2D eigenvalue weighted by atomic mass is 32.2. The van der Waals surface area contributed by atoms with E-state index in [2.05, 4.69) is 16.2 Å². The number of aromatic nitrogens is 3. The van der Waals surface area contributed by atoms with Gasteiger partial charge in [-0.05, 0) is 37.3 Å². The van der Waals surface area contributed by atoms with E-state index in [1.165, 1.54) is 17.3 Å². The summed E-state index contributed by atoms with van der Waals surface area (Å²) in [5.41, 5.74) is 4.03. The lowest BCUT2D eigenvalue weighted by molar-refractivity contribution is 0.319. The molecule has 1 aliphatic rings. The van der Waals surface area contributed by atoms with Crippen LogP contribution in [0.15, 0.2) is 9.55 Å². The summed E-state index contributed by atoms with van der Waals surface area (Å²) in [7, 11) is 0. The number of nitriles is 1. The molecule has 120 valence electrons. The largest absolute Gasteiger partial charge is 0.339 e. The zero-order valence-corrected chi connectivity index (χ0v) is 14.8. The lowest BCUT2D eigenvalue weighted by Gasteiger charge is -2.10. The van der Waals surface area contributed by atoms with Crippen LogP contribution >= 0.6 is 11.8 Å². The van der Waals surface area contributed by atoms with Gasteiger partial charge in [0.15, 0.2) is 5.82 Å². The van der Waals surface area contributed by atoms with Gasteiger partial charge in [-0.1, -0.05) is 37.7 Å². The molecule has 2 aromatic heterocycles. The summed E-state index contributed by atoms with van der Waals surface area (Å²) in [6.45, 7) is 8.14. The second kappa shape index (κ2) is 5.97. The maximum Gasteiger partial charge on any atom is 0.232 e. The van der Waals surface area contributed by atoms with Gasteiger partial charge in [0.25, 0.3) is 0 Å². The van der Waals surface area contributed by atoms with E-state index in [4.69, 9.17) is 9.51 Å². The van der Waals surface area contributed by atoms with Gasteiger partial charge in [-0.2, -0.15) is 10.2 Å². The van der Waals surface area contributed by atoms with Gasteiger partial charge in [0.05, 0.1) is 11.3 Å². The van der Waals surface area contributed by atoms with Crippen molar-refractivity contribution >= 4 is 11.8 Å². The molecule has 3 rings (SSSR count). The fourth-order valence-electron chi connectivity index (χ4n) is 2.73. The zero-order chi connectivity index (χ0) is 16.6. The summed E-state index contributed by atoms with van der Waals surface area (Å²) in [4.78, 5) is 9.15. The summed E-state index contributed by atoms with van der Waals surface area (Å²) in [6, 6.07) is 2.31. The van der Waals surface area contributed by atoms with Crippen LogP contribution in [0.5, 0.6) is 0 Å². The Morgan fingerprint density at radius 2 is 2.04 bits per heavy atom. The summed E-state index contributed by atoms with van der Waals surface area (Å²) >= 11 is 1.51. The molecule has 0 aromatic carbocycles. The topological polar surface area (TPSA) is 75.6 Å². The van der Waals surface area contributed by atoms with Gasteiger partial charge >= 0.3 is 0 Å². The summed E-state index contributed by atoms with van der Waals surface area (Å²) in [5.74, 6) is 1.83. The fraction of sp³-hybridized carbons (Fsp3) is 0.529. The Labute approximate surface area is 140 Å². The SMILES string of the molecule is Cc1c(C#N)c(SCc2noc(C(C)(C)C)n2)nc2c1CCC2. The van der Waals surface area contributed by atoms with Crippen LogP contribution in [-0.4, -0.2) is 15.1 Å². The summed E-state index contributed by atoms with van der Waals surface area (Å²) in [5, 5.41) is 14.3. The monoisotopic (exact) mass is 328 g/mol. The Hall–Kier alpha value is -1.87. The van der Waals surface area contributed by atoms with Crippen LogP contribution in [0.4, 0.5) is 0 Å². The molecule has 2 heterocycles. The molecule has 0 unspecified atom stereocenters. The van der Waals surface area contributed by atoms with E-state index >= 15 is 0 Å². The van der Waals surface area contributed by atoms with Crippen molar-refractivity contribution in [2.24, 2.45) is 0 Å². The number of nitrogens with zero attached hydrogens (tertiary/aromatic N) is 4. The van der Waals surface area contributed by atoms with Gasteiger partial charge in [0.2, 0.25) is 5.89 Å². The van der Waals surface area contributed by atoms with E-state index in [1.807, 2.05) is 27.7 Å². The molecule has 0 N–H and O–H groups in total. The first-order valence-corrected chi connectivity index (χ1v) is 8.77. The molecule has 23 heavy (non-hydrogen) atoms. The standard InChI is InChI=1S/C17H20N4OS/c1-10-11-6-5-7-13(11)19-15(12(10)8-18)23-9-14-20-16(22-21-14)17(2,3)4/h5-7,9H2,1-4H3. The molecule has 0 atom stereocenters. The molecular weight excluding hydrogens is 308 g/mol. The molecule has 0 saturated heterocycles. The Kier molecular flexibility index (Phi) is 4.15. The van der Waals surface area contributed by atoms with Crippen molar-refractivity contribution in [2.75, 3.05) is 0 Å². The first-order valence-electron chi connectivity index (χ1n) is 7.78. The van der Waals surface area contributed by atoms with Gasteiger partial charge in [0, 0.05) is 11.1 Å². The first-order chi connectivity index (χ1) is 10.9. The van der Waals surface area contributed by atoms with E-state index in [0.717, 1.165) is 35.5 Å². The average molecular weight is 328 g/mol. The quantitative estimate of drug-likeness (QED) is 0.799. The molecule has 0 fully saturated rings. The molecule has 0 radical (unpaired) electrons. The highest BCUT2D eigenvalue weighted by Gasteiger charge is 2.23. The number of aryl methyl sites for hydroxylation is 1. The van der Waals surface area contributed by atoms with Gasteiger partial charge < -0.3 is 4.52 Å². The van der Waals surface area contributed by atoms with Crippen LogP contribution in [0.25, 0.3) is 0 Å². The second-order valence-corrected chi connectivity index (χ2v) is 7.83. The third-order valence-corrected chi connectivity index (χ3v) is 5.00. The fourth-order valence-corrected chi connectivity index (χ4v) is 3.63. The van der Waals surface area contributed by atoms with Gasteiger partial charge in [-0.25, -0.2) is 4.98 Å². The van der Waals surface area contributed by atoms with E-state index in [9.17, 15) is 5.26 Å². The number of fused-ring (bicyclic) bond motifs is 1. The third-order valence-electron chi connectivity index (χ3n) is 4.03. The minimum atomic E-state index is -0.157. The normalized spacial score (nSPS) is 13.9. The van der Waals surface area contributed by atoms with Crippen molar-refractivity contribution in [3.05, 3.63) is 34.1 Å². The van der Waals surface area contributed by atoms with Crippen LogP contribution < -0.4 is 0 Å². The smallest absolute Gasteiger partial charge is 0.232 e. The summed E-state index contributed by atoms with van der Waals surface area (Å²) < 4.78 is 5.31. The molecule has 6 heteroatoms. The van der Waals surface area contributed by atoms with Crippen LogP contribution in [0.2, 0.25) is 0 Å². The van der Waals surface area contributed by atoms with Crippen molar-refractivity contribution in [1.29, 1.82) is 5.26 Å². The maximum atomic E-state index is 9.49. The molecule has 1 aliphatic carbocycles. The number of rotatable bonds is 3. The molecule has 5 nitrogen and oxygen atoms in total. The molecule has 0 aliphatic heterocycles. The Bertz CT molecular complexity index is 783. The van der Waals surface area contributed by atoms with Crippen LogP contribution in [0.3, 0.4) is 0 Å². The lowest BCUT2D eigenvalue weighted by atomic mass is 9.97. The zero-order valence-electron chi connectivity index (χ0n) is 13.9. The predicted octanol–water partition coefficient (Wildman–Crippen LogP) is 3.72. The maximum absolute atomic E-state index is 9.49. The third kappa shape index (κ3) is 3.11. The molecule has 2 aromatic rings. The van der Waals surface area contributed by atoms with Crippen molar-refractivity contribution in [3.8, 4) is 6.07 Å². The number of thioether (sulfide) groups is 1. The van der Waals surface area contributed by atoms with Crippen LogP contribution in [0, 0.1) is 18.3 Å². The molecule has 0 bridgehead atoms. The first kappa shape index (κ1) is 16.0. The average Bonchev–Trinajstić information content (AvgIpc) is 3.13. The van der Waals surface area contributed by atoms with Crippen LogP contribution in [0.1, 0.15) is 61.3 Å². The van der Waals surface area contributed by atoms with Crippen molar-refractivity contribution in [2.45, 2.75) is 63.2 Å². The Balaban J connectivity index is 1.83.